The molecule has 3 rings (SSSR count). The first-order valence-corrected chi connectivity index (χ1v) is 10.3. The van der Waals surface area contributed by atoms with Crippen LogP contribution < -0.4 is 5.32 Å². The summed E-state index contributed by atoms with van der Waals surface area (Å²) in [6.07, 6.45) is 0.344. The van der Waals surface area contributed by atoms with Crippen LogP contribution in [0.15, 0.2) is 18.2 Å². The first kappa shape index (κ1) is 19.2. The van der Waals surface area contributed by atoms with Gasteiger partial charge >= 0.3 is 5.97 Å². The van der Waals surface area contributed by atoms with Crippen molar-refractivity contribution in [3.63, 3.8) is 0 Å². The van der Waals surface area contributed by atoms with E-state index in [1.165, 1.54) is 0 Å². The van der Waals surface area contributed by atoms with E-state index < -0.39 is 33.9 Å². The summed E-state index contributed by atoms with van der Waals surface area (Å²) in [7, 11) is -3.14. The van der Waals surface area contributed by atoms with E-state index in [2.05, 4.69) is 15.3 Å². The van der Waals surface area contributed by atoms with Crippen LogP contribution in [-0.2, 0) is 19.4 Å². The van der Waals surface area contributed by atoms with Crippen LogP contribution >= 0.6 is 0 Å². The van der Waals surface area contributed by atoms with Crippen LogP contribution in [0.5, 0.6) is 0 Å². The summed E-state index contributed by atoms with van der Waals surface area (Å²) in [5.41, 5.74) is 2.27. The van der Waals surface area contributed by atoms with E-state index in [9.17, 15) is 18.0 Å². The number of ether oxygens (including phenoxy) is 1. The number of benzene rings is 1. The summed E-state index contributed by atoms with van der Waals surface area (Å²) in [5.74, 6) is -1.26. The quantitative estimate of drug-likeness (QED) is 0.776. The van der Waals surface area contributed by atoms with Crippen LogP contribution in [0.4, 0.5) is 0 Å². The SMILES string of the molecule is Cc1nc2ccc(C(=O)OCC(=O)N[C@]3(C)CCS(=O)(=O)C3)cc2nc1C. The fourth-order valence-corrected chi connectivity index (χ4v) is 5.15. The molecule has 1 aromatic heterocycles. The minimum atomic E-state index is -3.14. The summed E-state index contributed by atoms with van der Waals surface area (Å²) in [5, 5.41) is 2.64. The van der Waals surface area contributed by atoms with E-state index in [4.69, 9.17) is 4.74 Å². The van der Waals surface area contributed by atoms with Gasteiger partial charge in [-0.05, 0) is 45.4 Å². The Morgan fingerprint density at radius 3 is 2.48 bits per heavy atom. The highest BCUT2D eigenvalue weighted by Crippen LogP contribution is 2.22. The molecule has 9 heteroatoms. The number of aryl methyl sites for hydroxylation is 2. The summed E-state index contributed by atoms with van der Waals surface area (Å²) in [4.78, 5) is 33.1. The molecule has 0 saturated carbocycles. The third-order valence-electron chi connectivity index (χ3n) is 4.59. The number of amides is 1. The third kappa shape index (κ3) is 4.41. The lowest BCUT2D eigenvalue weighted by molar-refractivity contribution is -0.125. The molecule has 1 aliphatic heterocycles. The van der Waals surface area contributed by atoms with E-state index >= 15 is 0 Å². The molecule has 0 aliphatic carbocycles. The third-order valence-corrected chi connectivity index (χ3v) is 6.49. The average Bonchev–Trinajstić information content (AvgIpc) is 2.86. The highest BCUT2D eigenvalue weighted by Gasteiger charge is 2.39. The van der Waals surface area contributed by atoms with Crippen molar-refractivity contribution in [1.29, 1.82) is 0 Å². The zero-order valence-corrected chi connectivity index (χ0v) is 16.2. The Morgan fingerprint density at radius 2 is 1.85 bits per heavy atom. The number of carbonyl (C=O) groups excluding carboxylic acids is 2. The van der Waals surface area contributed by atoms with Crippen molar-refractivity contribution in [2.45, 2.75) is 32.7 Å². The standard InChI is InChI=1S/C18H21N3O5S/c1-11-12(2)20-15-8-13(4-5-14(15)19-11)17(23)26-9-16(22)21-18(3)6-7-27(24,25)10-18/h4-5,8H,6-7,9-10H2,1-3H3,(H,21,22)/t18-/m1/s1. The summed E-state index contributed by atoms with van der Waals surface area (Å²) < 4.78 is 28.2. The van der Waals surface area contributed by atoms with Crippen LogP contribution in [0.25, 0.3) is 11.0 Å². The van der Waals surface area contributed by atoms with Gasteiger partial charge in [-0.2, -0.15) is 0 Å². The van der Waals surface area contributed by atoms with E-state index in [0.29, 0.717) is 17.5 Å². The minimum Gasteiger partial charge on any atom is -0.452 e. The number of esters is 1. The molecule has 0 spiro atoms. The molecule has 144 valence electrons. The van der Waals surface area contributed by atoms with Gasteiger partial charge < -0.3 is 10.1 Å². The second-order valence-electron chi connectivity index (χ2n) is 7.12. The maximum atomic E-state index is 12.2. The minimum absolute atomic E-state index is 0.0422. The van der Waals surface area contributed by atoms with Crippen LogP contribution in [0.1, 0.15) is 35.1 Å². The number of aromatic nitrogens is 2. The average molecular weight is 391 g/mol. The van der Waals surface area contributed by atoms with Crippen LogP contribution in [0, 0.1) is 13.8 Å². The number of carbonyl (C=O) groups is 2. The van der Waals surface area contributed by atoms with Crippen molar-refractivity contribution in [2.24, 2.45) is 0 Å². The van der Waals surface area contributed by atoms with Crippen LogP contribution in [-0.4, -0.2) is 53.9 Å². The van der Waals surface area contributed by atoms with E-state index in [1.807, 2.05) is 13.8 Å². The molecule has 1 saturated heterocycles. The lowest BCUT2D eigenvalue weighted by atomic mass is 10.0. The molecule has 2 aromatic rings. The maximum absolute atomic E-state index is 12.2. The molecule has 1 aromatic carbocycles. The smallest absolute Gasteiger partial charge is 0.338 e. The van der Waals surface area contributed by atoms with Gasteiger partial charge in [-0.1, -0.05) is 0 Å². The Hall–Kier alpha value is -2.55. The van der Waals surface area contributed by atoms with Gasteiger partial charge in [0.05, 0.1) is 45.0 Å². The number of fused-ring (bicyclic) bond motifs is 1. The van der Waals surface area contributed by atoms with Gasteiger partial charge in [0.15, 0.2) is 16.4 Å². The molecule has 1 aliphatic rings. The number of nitrogens with one attached hydrogen (secondary N) is 1. The second kappa shape index (κ2) is 6.88. The fraction of sp³-hybridized carbons (Fsp3) is 0.444. The molecule has 8 nitrogen and oxygen atoms in total. The number of hydrogen-bond donors (Lipinski definition) is 1. The number of rotatable bonds is 4. The Labute approximate surface area is 157 Å². The van der Waals surface area contributed by atoms with Gasteiger partial charge in [0, 0.05) is 0 Å². The first-order chi connectivity index (χ1) is 12.6. The second-order valence-corrected chi connectivity index (χ2v) is 9.31. The lowest BCUT2D eigenvalue weighted by Gasteiger charge is -2.23. The van der Waals surface area contributed by atoms with Crippen LogP contribution in [0.3, 0.4) is 0 Å². The molecule has 1 N–H and O–H groups in total. The highest BCUT2D eigenvalue weighted by molar-refractivity contribution is 7.91. The molecular formula is C18H21N3O5S. The van der Waals surface area contributed by atoms with Crippen LogP contribution in [0.2, 0.25) is 0 Å². The summed E-state index contributed by atoms with van der Waals surface area (Å²) in [6, 6.07) is 4.81. The largest absolute Gasteiger partial charge is 0.452 e. The predicted molar refractivity (Wildman–Crippen MR) is 99.1 cm³/mol. The molecular weight excluding hydrogens is 370 g/mol. The summed E-state index contributed by atoms with van der Waals surface area (Å²) in [6.45, 7) is 4.88. The zero-order valence-electron chi connectivity index (χ0n) is 15.4. The zero-order chi connectivity index (χ0) is 19.8. The van der Waals surface area contributed by atoms with Crippen molar-refractivity contribution in [3.05, 3.63) is 35.2 Å². The lowest BCUT2D eigenvalue weighted by Crippen LogP contribution is -2.48. The molecule has 1 amide bonds. The molecule has 1 fully saturated rings. The molecule has 0 unspecified atom stereocenters. The van der Waals surface area contributed by atoms with E-state index in [0.717, 1.165) is 11.4 Å². The van der Waals surface area contributed by atoms with Crippen molar-refractivity contribution in [2.75, 3.05) is 18.1 Å². The Morgan fingerprint density at radius 1 is 1.19 bits per heavy atom. The molecule has 1 atom stereocenters. The predicted octanol–water partition coefficient (Wildman–Crippen LogP) is 1.10. The molecule has 27 heavy (non-hydrogen) atoms. The molecule has 0 bridgehead atoms. The number of sulfone groups is 1. The Kier molecular flexibility index (Phi) is 4.90. The molecule has 0 radical (unpaired) electrons. The van der Waals surface area contributed by atoms with Crippen molar-refractivity contribution in [1.82, 2.24) is 15.3 Å². The van der Waals surface area contributed by atoms with Gasteiger partial charge in [-0.15, -0.1) is 0 Å². The summed E-state index contributed by atoms with van der Waals surface area (Å²) >= 11 is 0. The van der Waals surface area contributed by atoms with Gasteiger partial charge in [-0.3, -0.25) is 4.79 Å². The maximum Gasteiger partial charge on any atom is 0.338 e. The van der Waals surface area contributed by atoms with Crippen molar-refractivity contribution in [3.8, 4) is 0 Å². The normalized spacial score (nSPS) is 21.1. The Bertz CT molecular complexity index is 1030. The van der Waals surface area contributed by atoms with Crippen molar-refractivity contribution < 1.29 is 22.7 Å². The van der Waals surface area contributed by atoms with Gasteiger partial charge in [0.2, 0.25) is 0 Å². The van der Waals surface area contributed by atoms with Crippen molar-refractivity contribution >= 4 is 32.7 Å². The number of nitrogens with zero attached hydrogens (tertiary/aromatic N) is 2. The van der Waals surface area contributed by atoms with Gasteiger partial charge in [-0.25, -0.2) is 23.2 Å². The van der Waals surface area contributed by atoms with Gasteiger partial charge in [0.25, 0.3) is 5.91 Å². The number of hydrogen-bond acceptors (Lipinski definition) is 7. The van der Waals surface area contributed by atoms with E-state index in [1.54, 1.807) is 25.1 Å². The van der Waals surface area contributed by atoms with E-state index in [-0.39, 0.29) is 17.1 Å². The fourth-order valence-electron chi connectivity index (χ4n) is 3.05. The highest BCUT2D eigenvalue weighted by atomic mass is 32.2. The first-order valence-electron chi connectivity index (χ1n) is 8.50. The molecule has 2 heterocycles. The Balaban J connectivity index is 1.63. The monoisotopic (exact) mass is 391 g/mol. The topological polar surface area (TPSA) is 115 Å². The van der Waals surface area contributed by atoms with Gasteiger partial charge in [0.1, 0.15) is 0 Å².